The molecule has 3 N–H and O–H groups in total. The van der Waals surface area contributed by atoms with Crippen molar-refractivity contribution >= 4 is 39.4 Å². The van der Waals surface area contributed by atoms with Crippen LogP contribution in [0.15, 0.2) is 17.8 Å². The molecule has 0 unspecified atom stereocenters. The molecule has 5 aliphatic rings. The van der Waals surface area contributed by atoms with Crippen LogP contribution in [0.4, 0.5) is 0 Å². The molecule has 5 atom stereocenters. The second-order valence-electron chi connectivity index (χ2n) is 14.6. The summed E-state index contributed by atoms with van der Waals surface area (Å²) in [5.74, 6) is -2.14. The minimum atomic E-state index is -3.84. The van der Waals surface area contributed by atoms with Gasteiger partial charge in [-0.3, -0.25) is 23.9 Å². The van der Waals surface area contributed by atoms with Crippen LogP contribution in [-0.4, -0.2) is 77.7 Å². The fraction of sp³-hybridized carbons (Fsp3) is 0.774. The van der Waals surface area contributed by atoms with Crippen molar-refractivity contribution in [1.82, 2.24) is 20.3 Å². The van der Waals surface area contributed by atoms with Gasteiger partial charge < -0.3 is 20.4 Å². The van der Waals surface area contributed by atoms with Crippen molar-refractivity contribution in [2.24, 2.45) is 22.4 Å². The summed E-state index contributed by atoms with van der Waals surface area (Å²) in [4.78, 5) is 62.2. The van der Waals surface area contributed by atoms with E-state index in [2.05, 4.69) is 27.1 Å². The molecule has 44 heavy (non-hydrogen) atoms. The van der Waals surface area contributed by atoms with Gasteiger partial charge in [0.2, 0.25) is 27.7 Å². The van der Waals surface area contributed by atoms with E-state index in [1.807, 2.05) is 27.7 Å². The highest BCUT2D eigenvalue weighted by Gasteiger charge is 2.63. The summed E-state index contributed by atoms with van der Waals surface area (Å²) in [5.41, 5.74) is -2.23. The molecule has 12 nitrogen and oxygen atoms in total. The van der Waals surface area contributed by atoms with Gasteiger partial charge in [0, 0.05) is 25.2 Å². The molecule has 0 aromatic rings. The second kappa shape index (κ2) is 11.8. The smallest absolute Gasteiger partial charge is 0.259 e. The van der Waals surface area contributed by atoms with Crippen LogP contribution in [-0.2, 0) is 34.0 Å². The fourth-order valence-corrected chi connectivity index (χ4v) is 8.29. The molecule has 5 rings (SSSR count). The van der Waals surface area contributed by atoms with Gasteiger partial charge >= 0.3 is 0 Å². The lowest BCUT2D eigenvalue weighted by Crippen LogP contribution is -2.60. The lowest BCUT2D eigenvalue weighted by atomic mass is 9.85. The molecule has 13 heteroatoms. The Hall–Kier alpha value is -2.96. The Bertz CT molecular complexity index is 1350. The molecule has 2 heterocycles. The van der Waals surface area contributed by atoms with Crippen LogP contribution in [0.2, 0.25) is 0 Å². The molecule has 4 fully saturated rings. The maximum Gasteiger partial charge on any atom is 0.259 e. The van der Waals surface area contributed by atoms with Crippen LogP contribution < -0.4 is 15.4 Å². The number of hydrogen-bond acceptors (Lipinski definition) is 8. The predicted octanol–water partition coefficient (Wildman–Crippen LogP) is 2.29. The number of oxime groups is 1. The minimum Gasteiger partial charge on any atom is -0.387 e. The quantitative estimate of drug-likeness (QED) is 0.294. The second-order valence-corrected chi connectivity index (χ2v) is 16.5. The zero-order chi connectivity index (χ0) is 32.1. The maximum atomic E-state index is 14.3. The molecule has 0 aromatic heterocycles. The molecule has 0 aromatic carbocycles. The number of hydrogen-bond donors (Lipinski definition) is 3. The van der Waals surface area contributed by atoms with E-state index in [-0.39, 0.29) is 25.3 Å². The summed E-state index contributed by atoms with van der Waals surface area (Å²) in [6.45, 7) is 11.4. The Kier molecular flexibility index (Phi) is 8.67. The van der Waals surface area contributed by atoms with Crippen LogP contribution in [0.5, 0.6) is 0 Å². The van der Waals surface area contributed by atoms with Crippen molar-refractivity contribution < 1.29 is 32.4 Å². The van der Waals surface area contributed by atoms with Crippen molar-refractivity contribution in [1.29, 1.82) is 0 Å². The molecule has 3 saturated carbocycles. The summed E-state index contributed by atoms with van der Waals surface area (Å²) in [6.07, 6.45) is 8.51. The van der Waals surface area contributed by atoms with E-state index in [9.17, 15) is 27.6 Å². The summed E-state index contributed by atoms with van der Waals surface area (Å²) in [7, 11) is -3.84. The molecule has 244 valence electrons. The normalized spacial score (nSPS) is 30.8. The first kappa shape index (κ1) is 32.4. The minimum absolute atomic E-state index is 0.0855. The van der Waals surface area contributed by atoms with Gasteiger partial charge in [-0.05, 0) is 49.9 Å². The van der Waals surface area contributed by atoms with E-state index in [1.54, 1.807) is 0 Å². The number of rotatable bonds is 11. The third-order valence-electron chi connectivity index (χ3n) is 9.90. The lowest BCUT2D eigenvalue weighted by molar-refractivity contribution is -0.145. The van der Waals surface area contributed by atoms with Gasteiger partial charge in [0.1, 0.15) is 17.6 Å². The molecule has 0 bridgehead atoms. The first-order valence-electron chi connectivity index (χ1n) is 16.0. The van der Waals surface area contributed by atoms with E-state index < -0.39 is 67.6 Å². The Morgan fingerprint density at radius 3 is 2.36 bits per heavy atom. The topological polar surface area (TPSA) is 163 Å². The number of likely N-dealkylation sites (tertiary alicyclic amines) is 1. The van der Waals surface area contributed by atoms with Gasteiger partial charge in [-0.15, -0.1) is 6.58 Å². The average molecular weight is 634 g/mol. The number of carbonyl (C=O) groups is 4. The van der Waals surface area contributed by atoms with Crippen LogP contribution in [0.25, 0.3) is 0 Å². The van der Waals surface area contributed by atoms with Crippen LogP contribution in [0, 0.1) is 17.3 Å². The molecule has 1 saturated heterocycles. The van der Waals surface area contributed by atoms with Gasteiger partial charge in [0.15, 0.2) is 5.60 Å². The van der Waals surface area contributed by atoms with Crippen molar-refractivity contribution in [3.05, 3.63) is 12.7 Å². The van der Waals surface area contributed by atoms with Crippen LogP contribution >= 0.6 is 0 Å². The Balaban J connectivity index is 1.38. The zero-order valence-electron chi connectivity index (χ0n) is 26.3. The predicted molar refractivity (Wildman–Crippen MR) is 163 cm³/mol. The zero-order valence-corrected chi connectivity index (χ0v) is 27.1. The first-order chi connectivity index (χ1) is 20.6. The van der Waals surface area contributed by atoms with Gasteiger partial charge in [-0.25, -0.2) is 8.42 Å². The molecule has 3 aliphatic carbocycles. The number of amides is 4. The highest BCUT2D eigenvalue weighted by atomic mass is 32.2. The van der Waals surface area contributed by atoms with E-state index >= 15 is 0 Å². The fourth-order valence-electron chi connectivity index (χ4n) is 6.93. The van der Waals surface area contributed by atoms with E-state index in [0.717, 1.165) is 31.4 Å². The van der Waals surface area contributed by atoms with Crippen molar-refractivity contribution in [3.63, 3.8) is 0 Å². The molecule has 1 spiro atoms. The third-order valence-corrected chi connectivity index (χ3v) is 11.7. The van der Waals surface area contributed by atoms with Gasteiger partial charge in [0.05, 0.1) is 17.5 Å². The number of carbonyl (C=O) groups excluding carboxylic acids is 4. The molecule has 4 amide bonds. The molecule has 2 aliphatic heterocycles. The van der Waals surface area contributed by atoms with Crippen molar-refractivity contribution in [2.75, 3.05) is 6.54 Å². The highest BCUT2D eigenvalue weighted by Crippen LogP contribution is 2.46. The van der Waals surface area contributed by atoms with Gasteiger partial charge in [-0.2, -0.15) is 0 Å². The summed E-state index contributed by atoms with van der Waals surface area (Å²) < 4.78 is 27.3. The SMILES string of the molecule is C=C[C@@H]1C[C@]1(NC(=O)[C@@H]1C[C@]2(CC(CC)=NO2)CN1C(=O)[C@@H](NC(=O)CC1CCCC1)C(C)(C)C)C(=O)NS(=O)(=O)C1CC1. The molecule has 0 radical (unpaired) electrons. The summed E-state index contributed by atoms with van der Waals surface area (Å²) in [6, 6.07) is -1.93. The van der Waals surface area contributed by atoms with Crippen molar-refractivity contribution in [3.8, 4) is 0 Å². The first-order valence-corrected chi connectivity index (χ1v) is 17.5. The third kappa shape index (κ3) is 6.53. The highest BCUT2D eigenvalue weighted by molar-refractivity contribution is 7.91. The average Bonchev–Trinajstić information content (AvgIpc) is 3.78. The Morgan fingerprint density at radius 1 is 1.14 bits per heavy atom. The maximum absolute atomic E-state index is 14.3. The molecular formula is C31H47N5O7S. The van der Waals surface area contributed by atoms with E-state index in [4.69, 9.17) is 4.84 Å². The van der Waals surface area contributed by atoms with Gasteiger partial charge in [0.25, 0.3) is 5.91 Å². The summed E-state index contributed by atoms with van der Waals surface area (Å²) >= 11 is 0. The Morgan fingerprint density at radius 2 is 1.82 bits per heavy atom. The summed E-state index contributed by atoms with van der Waals surface area (Å²) in [5, 5.41) is 9.40. The monoisotopic (exact) mass is 633 g/mol. The van der Waals surface area contributed by atoms with E-state index in [0.29, 0.717) is 38.0 Å². The van der Waals surface area contributed by atoms with E-state index in [1.165, 1.54) is 11.0 Å². The molecular weight excluding hydrogens is 586 g/mol. The standard InChI is InChI=1S/C31H47N5O7S/c1-6-20-15-31(20,28(40)35-44(41,42)22-12-13-22)33-26(38)23-17-30(16-21(7-2)34-43-30)18-36(23)27(39)25(29(3,4)5)32-24(37)14-19-10-8-9-11-19/h6,19-20,22-23,25H,1,7-18H2,2-5H3,(H,32,37)(H,33,38)(H,35,40)/t20-,23+,25-,30-,31-/m1/s1. The van der Waals surface area contributed by atoms with Crippen LogP contribution in [0.3, 0.4) is 0 Å². The number of nitrogens with one attached hydrogen (secondary N) is 3. The van der Waals surface area contributed by atoms with Gasteiger partial charge in [-0.1, -0.05) is 51.8 Å². The largest absolute Gasteiger partial charge is 0.387 e. The number of sulfonamides is 1. The lowest BCUT2D eigenvalue weighted by Gasteiger charge is -2.36. The Labute approximate surface area is 260 Å². The van der Waals surface area contributed by atoms with Crippen molar-refractivity contribution in [2.45, 2.75) is 127 Å². The van der Waals surface area contributed by atoms with Crippen LogP contribution in [0.1, 0.15) is 98.3 Å². The number of nitrogens with zero attached hydrogens (tertiary/aromatic N) is 2.